The summed E-state index contributed by atoms with van der Waals surface area (Å²) in [5.41, 5.74) is 0. The lowest BCUT2D eigenvalue weighted by Gasteiger charge is -2.36. The Morgan fingerprint density at radius 1 is 0.833 bits per heavy atom. The molecule has 0 spiro atoms. The first-order chi connectivity index (χ1) is 8.66. The van der Waals surface area contributed by atoms with Gasteiger partial charge in [-0.1, -0.05) is 55.5 Å². The molecule has 5 unspecified atom stereocenters. The van der Waals surface area contributed by atoms with Crippen molar-refractivity contribution in [3.8, 4) is 0 Å². The Morgan fingerprint density at radius 2 is 1.56 bits per heavy atom. The molecule has 2 fully saturated rings. The Bertz CT molecular complexity index is 243. The molecule has 2 saturated carbocycles. The van der Waals surface area contributed by atoms with Crippen molar-refractivity contribution in [1.29, 1.82) is 0 Å². The molecule has 0 heterocycles. The van der Waals surface area contributed by atoms with E-state index in [1.165, 1.54) is 57.8 Å². The zero-order valence-electron chi connectivity index (χ0n) is 12.0. The van der Waals surface area contributed by atoms with E-state index in [-0.39, 0.29) is 0 Å². The summed E-state index contributed by atoms with van der Waals surface area (Å²) in [5, 5.41) is 0. The number of alkyl halides is 1. The maximum Gasteiger partial charge on any atom is 0.0703 e. The zero-order valence-corrected chi connectivity index (χ0v) is 13.6. The molecule has 0 aromatic rings. The van der Waals surface area contributed by atoms with Gasteiger partial charge >= 0.3 is 0 Å². The lowest BCUT2D eigenvalue weighted by atomic mass is 9.80. The summed E-state index contributed by atoms with van der Waals surface area (Å²) in [7, 11) is 0. The van der Waals surface area contributed by atoms with Crippen LogP contribution in [-0.2, 0) is 4.74 Å². The quantitative estimate of drug-likeness (QED) is 0.627. The van der Waals surface area contributed by atoms with Crippen molar-refractivity contribution in [3.63, 3.8) is 0 Å². The lowest BCUT2D eigenvalue weighted by Crippen LogP contribution is -2.34. The predicted molar refractivity (Wildman–Crippen MR) is 81.3 cm³/mol. The standard InChI is InChI=1S/C16H29BrO/c1-12-9-10-14(11-13(12)2)18-16-8-6-4-3-5-7-15(16)17/h12-16H,3-11H2,1-2H3. The van der Waals surface area contributed by atoms with Gasteiger partial charge in [0.1, 0.15) is 0 Å². The summed E-state index contributed by atoms with van der Waals surface area (Å²) in [6, 6.07) is 0. The van der Waals surface area contributed by atoms with Gasteiger partial charge in [-0.05, 0) is 43.9 Å². The molecule has 2 heteroatoms. The molecule has 5 atom stereocenters. The number of hydrogen-bond acceptors (Lipinski definition) is 1. The third kappa shape index (κ3) is 4.23. The van der Waals surface area contributed by atoms with Crippen molar-refractivity contribution < 1.29 is 4.74 Å². The van der Waals surface area contributed by atoms with Crippen LogP contribution in [0.2, 0.25) is 0 Å². The average molecular weight is 317 g/mol. The summed E-state index contributed by atoms with van der Waals surface area (Å²) < 4.78 is 6.45. The van der Waals surface area contributed by atoms with Crippen LogP contribution < -0.4 is 0 Å². The highest BCUT2D eigenvalue weighted by Gasteiger charge is 2.29. The van der Waals surface area contributed by atoms with Gasteiger partial charge in [-0.2, -0.15) is 0 Å². The summed E-state index contributed by atoms with van der Waals surface area (Å²) in [6.45, 7) is 4.79. The van der Waals surface area contributed by atoms with Gasteiger partial charge in [-0.25, -0.2) is 0 Å². The van der Waals surface area contributed by atoms with Crippen LogP contribution in [0, 0.1) is 11.8 Å². The number of halogens is 1. The van der Waals surface area contributed by atoms with Crippen molar-refractivity contribution in [2.75, 3.05) is 0 Å². The first kappa shape index (κ1) is 14.8. The van der Waals surface area contributed by atoms with E-state index in [1.807, 2.05) is 0 Å². The molecular weight excluding hydrogens is 288 g/mol. The smallest absolute Gasteiger partial charge is 0.0703 e. The molecular formula is C16H29BrO. The molecule has 2 aliphatic carbocycles. The molecule has 0 saturated heterocycles. The van der Waals surface area contributed by atoms with Crippen LogP contribution in [0.25, 0.3) is 0 Å². The van der Waals surface area contributed by atoms with Crippen LogP contribution in [0.5, 0.6) is 0 Å². The van der Waals surface area contributed by atoms with Crippen LogP contribution in [0.4, 0.5) is 0 Å². The van der Waals surface area contributed by atoms with E-state index in [9.17, 15) is 0 Å². The van der Waals surface area contributed by atoms with Crippen molar-refractivity contribution in [3.05, 3.63) is 0 Å². The predicted octanol–water partition coefficient (Wildman–Crippen LogP) is 5.31. The van der Waals surface area contributed by atoms with Crippen LogP contribution >= 0.6 is 15.9 Å². The maximum atomic E-state index is 6.45. The SMILES string of the molecule is CC1CCC(OC2CCCCCCC2Br)CC1C. The molecule has 0 aliphatic heterocycles. The Balaban J connectivity index is 1.82. The molecule has 106 valence electrons. The van der Waals surface area contributed by atoms with Gasteiger partial charge in [0.15, 0.2) is 0 Å². The highest BCUT2D eigenvalue weighted by atomic mass is 79.9. The second-order valence-corrected chi connectivity index (χ2v) is 7.75. The van der Waals surface area contributed by atoms with Crippen LogP contribution in [-0.4, -0.2) is 17.0 Å². The van der Waals surface area contributed by atoms with Gasteiger partial charge in [0, 0.05) is 4.83 Å². The second kappa shape index (κ2) is 7.28. The average Bonchev–Trinajstić information content (AvgIpc) is 2.33. The van der Waals surface area contributed by atoms with Gasteiger partial charge in [-0.15, -0.1) is 0 Å². The summed E-state index contributed by atoms with van der Waals surface area (Å²) in [6.07, 6.45) is 13.0. The summed E-state index contributed by atoms with van der Waals surface area (Å²) in [4.78, 5) is 0.590. The fraction of sp³-hybridized carbons (Fsp3) is 1.00. The van der Waals surface area contributed by atoms with Gasteiger partial charge in [0.05, 0.1) is 12.2 Å². The summed E-state index contributed by atoms with van der Waals surface area (Å²) >= 11 is 3.87. The third-order valence-corrected chi connectivity index (χ3v) is 6.09. The number of ether oxygens (including phenoxy) is 1. The second-order valence-electron chi connectivity index (χ2n) is 6.57. The highest BCUT2D eigenvalue weighted by Crippen LogP contribution is 2.34. The van der Waals surface area contributed by atoms with Gasteiger partial charge in [0.2, 0.25) is 0 Å². The first-order valence-electron chi connectivity index (χ1n) is 7.96. The van der Waals surface area contributed by atoms with E-state index in [0.717, 1.165) is 11.8 Å². The molecule has 0 aromatic heterocycles. The molecule has 1 nitrogen and oxygen atoms in total. The Kier molecular flexibility index (Phi) is 6.00. The third-order valence-electron chi connectivity index (χ3n) is 5.04. The lowest BCUT2D eigenvalue weighted by molar-refractivity contribution is -0.0526. The molecule has 2 rings (SSSR count). The van der Waals surface area contributed by atoms with Crippen LogP contribution in [0.1, 0.15) is 71.6 Å². The van der Waals surface area contributed by atoms with E-state index in [4.69, 9.17) is 4.74 Å². The van der Waals surface area contributed by atoms with E-state index in [2.05, 4.69) is 29.8 Å². The van der Waals surface area contributed by atoms with Gasteiger partial charge in [0.25, 0.3) is 0 Å². The topological polar surface area (TPSA) is 9.23 Å². The summed E-state index contributed by atoms with van der Waals surface area (Å²) in [5.74, 6) is 1.73. The van der Waals surface area contributed by atoms with Crippen LogP contribution in [0.15, 0.2) is 0 Å². The van der Waals surface area contributed by atoms with Crippen molar-refractivity contribution in [2.24, 2.45) is 11.8 Å². The fourth-order valence-electron chi connectivity index (χ4n) is 3.43. The van der Waals surface area contributed by atoms with Crippen molar-refractivity contribution in [2.45, 2.75) is 88.7 Å². The van der Waals surface area contributed by atoms with Gasteiger partial charge in [-0.3, -0.25) is 0 Å². The molecule has 0 aromatic carbocycles. The monoisotopic (exact) mass is 316 g/mol. The Hall–Kier alpha value is 0.440. The molecule has 0 amide bonds. The minimum atomic E-state index is 0.468. The van der Waals surface area contributed by atoms with E-state index < -0.39 is 0 Å². The van der Waals surface area contributed by atoms with E-state index in [1.54, 1.807) is 0 Å². The van der Waals surface area contributed by atoms with Crippen LogP contribution in [0.3, 0.4) is 0 Å². The largest absolute Gasteiger partial charge is 0.374 e. The van der Waals surface area contributed by atoms with Crippen molar-refractivity contribution in [1.82, 2.24) is 0 Å². The maximum absolute atomic E-state index is 6.45. The Morgan fingerprint density at radius 3 is 2.28 bits per heavy atom. The molecule has 0 N–H and O–H groups in total. The molecule has 0 bridgehead atoms. The van der Waals surface area contributed by atoms with Gasteiger partial charge < -0.3 is 4.74 Å². The minimum Gasteiger partial charge on any atom is -0.374 e. The normalized spacial score (nSPS) is 43.2. The molecule has 0 radical (unpaired) electrons. The van der Waals surface area contributed by atoms with E-state index in [0.29, 0.717) is 17.0 Å². The van der Waals surface area contributed by atoms with Crippen molar-refractivity contribution >= 4 is 15.9 Å². The fourth-order valence-corrected chi connectivity index (χ4v) is 4.14. The highest BCUT2D eigenvalue weighted by molar-refractivity contribution is 9.09. The minimum absolute atomic E-state index is 0.468. The molecule has 18 heavy (non-hydrogen) atoms. The van der Waals surface area contributed by atoms with E-state index >= 15 is 0 Å². The Labute approximate surface area is 121 Å². The molecule has 2 aliphatic rings. The first-order valence-corrected chi connectivity index (χ1v) is 8.88. The number of hydrogen-bond donors (Lipinski definition) is 0. The zero-order chi connectivity index (χ0) is 13.0. The number of rotatable bonds is 2.